The molecule has 0 bridgehead atoms. The number of oxazole rings is 1. The quantitative estimate of drug-likeness (QED) is 0.782. The van der Waals surface area contributed by atoms with Gasteiger partial charge in [0.1, 0.15) is 11.3 Å². The molecule has 0 spiro atoms. The number of halogens is 1. The van der Waals surface area contributed by atoms with E-state index in [1.807, 2.05) is 7.05 Å². The molecule has 1 N–H and O–H groups in total. The van der Waals surface area contributed by atoms with Crippen molar-refractivity contribution in [3.8, 4) is 0 Å². The van der Waals surface area contributed by atoms with Gasteiger partial charge < -0.3 is 9.73 Å². The summed E-state index contributed by atoms with van der Waals surface area (Å²) in [7, 11) is 1.90. The number of fused-ring (bicyclic) bond motifs is 1. The van der Waals surface area contributed by atoms with E-state index in [9.17, 15) is 4.39 Å². The van der Waals surface area contributed by atoms with E-state index in [2.05, 4.69) is 10.3 Å². The van der Waals surface area contributed by atoms with Crippen molar-refractivity contribution in [2.75, 3.05) is 13.6 Å². The van der Waals surface area contributed by atoms with E-state index in [0.717, 1.165) is 24.9 Å². The third-order valence-corrected chi connectivity index (χ3v) is 2.21. The largest absolute Gasteiger partial charge is 0.441 e. The molecule has 2 aromatic rings. The fourth-order valence-electron chi connectivity index (χ4n) is 1.47. The van der Waals surface area contributed by atoms with Crippen LogP contribution in [0.4, 0.5) is 4.39 Å². The Bertz CT molecular complexity index is 453. The molecular weight excluding hydrogens is 195 g/mol. The van der Waals surface area contributed by atoms with Crippen LogP contribution in [0.1, 0.15) is 12.3 Å². The van der Waals surface area contributed by atoms with Crippen LogP contribution < -0.4 is 5.32 Å². The Balaban J connectivity index is 2.16. The first-order valence-electron chi connectivity index (χ1n) is 4.99. The molecule has 80 valence electrons. The second-order valence-electron chi connectivity index (χ2n) is 3.43. The lowest BCUT2D eigenvalue weighted by atomic mass is 10.3. The molecule has 0 aliphatic carbocycles. The van der Waals surface area contributed by atoms with E-state index >= 15 is 0 Å². The normalized spacial score (nSPS) is 11.1. The van der Waals surface area contributed by atoms with Gasteiger partial charge in [-0.2, -0.15) is 0 Å². The summed E-state index contributed by atoms with van der Waals surface area (Å²) in [6.07, 6.45) is 1.74. The molecule has 0 amide bonds. The molecule has 1 heterocycles. The highest BCUT2D eigenvalue weighted by molar-refractivity contribution is 5.72. The maximum atomic E-state index is 12.9. The van der Waals surface area contributed by atoms with Crippen LogP contribution in [-0.4, -0.2) is 18.6 Å². The van der Waals surface area contributed by atoms with Gasteiger partial charge in [-0.1, -0.05) is 0 Å². The van der Waals surface area contributed by atoms with Gasteiger partial charge in [0, 0.05) is 12.5 Å². The Labute approximate surface area is 87.3 Å². The highest BCUT2D eigenvalue weighted by atomic mass is 19.1. The Morgan fingerprint density at radius 1 is 1.47 bits per heavy atom. The first-order valence-corrected chi connectivity index (χ1v) is 4.99. The fourth-order valence-corrected chi connectivity index (χ4v) is 1.47. The van der Waals surface area contributed by atoms with E-state index in [0.29, 0.717) is 11.5 Å². The van der Waals surface area contributed by atoms with Crippen LogP contribution in [0.3, 0.4) is 0 Å². The van der Waals surface area contributed by atoms with Crippen molar-refractivity contribution >= 4 is 11.1 Å². The van der Waals surface area contributed by atoms with E-state index in [4.69, 9.17) is 4.42 Å². The fraction of sp³-hybridized carbons (Fsp3) is 0.364. The summed E-state index contributed by atoms with van der Waals surface area (Å²) in [5.74, 6) is 0.381. The number of nitrogens with one attached hydrogen (secondary N) is 1. The first-order chi connectivity index (χ1) is 7.29. The highest BCUT2D eigenvalue weighted by Gasteiger charge is 2.05. The Morgan fingerprint density at radius 2 is 2.33 bits per heavy atom. The minimum atomic E-state index is -0.291. The van der Waals surface area contributed by atoms with E-state index in [1.54, 1.807) is 6.07 Å². The molecule has 3 nitrogen and oxygen atoms in total. The van der Waals surface area contributed by atoms with Gasteiger partial charge in [0.05, 0.1) is 0 Å². The summed E-state index contributed by atoms with van der Waals surface area (Å²) in [5, 5.41) is 3.05. The average molecular weight is 208 g/mol. The Hall–Kier alpha value is -1.42. The molecule has 1 aromatic carbocycles. The number of rotatable bonds is 4. The zero-order valence-corrected chi connectivity index (χ0v) is 8.59. The third kappa shape index (κ3) is 2.33. The summed E-state index contributed by atoms with van der Waals surface area (Å²) in [6.45, 7) is 0.924. The van der Waals surface area contributed by atoms with Gasteiger partial charge in [-0.25, -0.2) is 9.37 Å². The average Bonchev–Trinajstić information content (AvgIpc) is 2.60. The van der Waals surface area contributed by atoms with Gasteiger partial charge in [-0.15, -0.1) is 0 Å². The number of aromatic nitrogens is 1. The van der Waals surface area contributed by atoms with Crippen LogP contribution in [0.5, 0.6) is 0 Å². The van der Waals surface area contributed by atoms with Crippen LogP contribution in [0.15, 0.2) is 22.6 Å². The second kappa shape index (κ2) is 4.40. The second-order valence-corrected chi connectivity index (χ2v) is 3.43. The molecule has 0 radical (unpaired) electrons. The lowest BCUT2D eigenvalue weighted by molar-refractivity contribution is 0.513. The minimum absolute atomic E-state index is 0.291. The Kier molecular flexibility index (Phi) is 2.97. The molecule has 4 heteroatoms. The summed E-state index contributed by atoms with van der Waals surface area (Å²) >= 11 is 0. The number of nitrogens with zero attached hydrogens (tertiary/aromatic N) is 1. The Morgan fingerprint density at radius 3 is 3.13 bits per heavy atom. The molecule has 0 aliphatic heterocycles. The predicted octanol–water partition coefficient (Wildman–Crippen LogP) is 2.12. The molecule has 0 saturated carbocycles. The predicted molar refractivity (Wildman–Crippen MR) is 56.2 cm³/mol. The minimum Gasteiger partial charge on any atom is -0.441 e. The lowest BCUT2D eigenvalue weighted by Gasteiger charge is -1.94. The molecule has 0 unspecified atom stereocenters. The molecule has 0 aliphatic rings. The van der Waals surface area contributed by atoms with Crippen molar-refractivity contribution in [2.45, 2.75) is 12.8 Å². The standard InChI is InChI=1S/C11H13FN2O/c1-13-6-2-3-11-14-9-5-4-8(12)7-10(9)15-11/h4-5,7,13H,2-3,6H2,1H3. The monoisotopic (exact) mass is 208 g/mol. The topological polar surface area (TPSA) is 38.1 Å². The van der Waals surface area contributed by atoms with Crippen molar-refractivity contribution in [2.24, 2.45) is 0 Å². The highest BCUT2D eigenvalue weighted by Crippen LogP contribution is 2.17. The first kappa shape index (κ1) is 10.1. The summed E-state index contributed by atoms with van der Waals surface area (Å²) < 4.78 is 18.3. The molecule has 1 aromatic heterocycles. The lowest BCUT2D eigenvalue weighted by Crippen LogP contribution is -2.08. The van der Waals surface area contributed by atoms with Crippen LogP contribution in [0.2, 0.25) is 0 Å². The van der Waals surface area contributed by atoms with Crippen molar-refractivity contribution in [3.63, 3.8) is 0 Å². The van der Waals surface area contributed by atoms with Gasteiger partial charge in [-0.3, -0.25) is 0 Å². The van der Waals surface area contributed by atoms with Crippen LogP contribution in [0, 0.1) is 5.82 Å². The van der Waals surface area contributed by atoms with Gasteiger partial charge in [0.25, 0.3) is 0 Å². The molecule has 0 saturated heterocycles. The summed E-state index contributed by atoms with van der Waals surface area (Å²) in [5.41, 5.74) is 1.24. The van der Waals surface area contributed by atoms with Crippen molar-refractivity contribution < 1.29 is 8.81 Å². The third-order valence-electron chi connectivity index (χ3n) is 2.21. The summed E-state index contributed by atoms with van der Waals surface area (Å²) in [6, 6.07) is 4.39. The smallest absolute Gasteiger partial charge is 0.195 e. The number of hydrogen-bond acceptors (Lipinski definition) is 3. The van der Waals surface area contributed by atoms with E-state index in [1.165, 1.54) is 12.1 Å². The number of hydrogen-bond donors (Lipinski definition) is 1. The maximum absolute atomic E-state index is 12.9. The van der Waals surface area contributed by atoms with Gasteiger partial charge in [0.15, 0.2) is 11.5 Å². The van der Waals surface area contributed by atoms with Crippen LogP contribution >= 0.6 is 0 Å². The van der Waals surface area contributed by atoms with Gasteiger partial charge >= 0.3 is 0 Å². The molecule has 0 fully saturated rings. The summed E-state index contributed by atoms with van der Waals surface area (Å²) in [4.78, 5) is 4.26. The maximum Gasteiger partial charge on any atom is 0.195 e. The molecule has 15 heavy (non-hydrogen) atoms. The van der Waals surface area contributed by atoms with E-state index < -0.39 is 0 Å². The van der Waals surface area contributed by atoms with Crippen LogP contribution in [-0.2, 0) is 6.42 Å². The molecule has 2 rings (SSSR count). The van der Waals surface area contributed by atoms with E-state index in [-0.39, 0.29) is 5.82 Å². The van der Waals surface area contributed by atoms with Crippen molar-refractivity contribution in [1.29, 1.82) is 0 Å². The SMILES string of the molecule is CNCCCc1nc2ccc(F)cc2o1. The van der Waals surface area contributed by atoms with Crippen molar-refractivity contribution in [1.82, 2.24) is 10.3 Å². The van der Waals surface area contributed by atoms with Gasteiger partial charge in [-0.05, 0) is 32.1 Å². The zero-order valence-electron chi connectivity index (χ0n) is 8.59. The zero-order chi connectivity index (χ0) is 10.7. The van der Waals surface area contributed by atoms with Gasteiger partial charge in [0.2, 0.25) is 0 Å². The number of aryl methyl sites for hydroxylation is 1. The molecule has 0 atom stereocenters. The van der Waals surface area contributed by atoms with Crippen LogP contribution in [0.25, 0.3) is 11.1 Å². The molecular formula is C11H13FN2O. The van der Waals surface area contributed by atoms with Crippen molar-refractivity contribution in [3.05, 3.63) is 29.9 Å². The number of benzene rings is 1.